The zero-order chi connectivity index (χ0) is 33.0. The number of halogens is 2. The molecular weight excluding hydrogens is 683 g/mol. The molecule has 0 aliphatic carbocycles. The number of nitrogens with one attached hydrogen (secondary N) is 1. The molecule has 2 aromatic rings. The summed E-state index contributed by atoms with van der Waals surface area (Å²) in [6.07, 6.45) is 3.60. The predicted molar refractivity (Wildman–Crippen MR) is 179 cm³/mol. The maximum Gasteiger partial charge on any atom is 0.232 e. The Hall–Kier alpha value is -1.94. The van der Waals surface area contributed by atoms with Gasteiger partial charge in [0.1, 0.15) is 0 Å². The van der Waals surface area contributed by atoms with Crippen molar-refractivity contribution < 1.29 is 30.0 Å². The summed E-state index contributed by atoms with van der Waals surface area (Å²) in [5.41, 5.74) is 0.941. The Labute approximate surface area is 276 Å². The van der Waals surface area contributed by atoms with E-state index in [4.69, 9.17) is 23.2 Å². The lowest BCUT2D eigenvalue weighted by atomic mass is 9.96. The van der Waals surface area contributed by atoms with Crippen LogP contribution in [0.1, 0.15) is 39.0 Å². The standard InChI is InChI=1S/C29H40Cl2N4O7S3/c1-3-44(39,40)32-23-5-8-25(9-6-23)45(41,42)26-13-17-33(18-14-26)15-4-16-35(24-7-10-27(30)28(31)21-24)29(36)22-11-19-34(20-12-22)43(2,37)38/h5-10,21-22,26,32H,3-4,11-20H2,1-2H3. The van der Waals surface area contributed by atoms with Gasteiger partial charge in [0.25, 0.3) is 0 Å². The van der Waals surface area contributed by atoms with Crippen LogP contribution in [0.15, 0.2) is 47.4 Å². The molecule has 0 aromatic heterocycles. The Balaban J connectivity index is 1.34. The first-order valence-electron chi connectivity index (χ1n) is 14.9. The number of sulfonamides is 2. The van der Waals surface area contributed by atoms with Crippen molar-refractivity contribution in [3.63, 3.8) is 0 Å². The maximum atomic E-state index is 13.7. The molecule has 1 N–H and O–H groups in total. The van der Waals surface area contributed by atoms with E-state index >= 15 is 0 Å². The van der Waals surface area contributed by atoms with Crippen molar-refractivity contribution in [1.29, 1.82) is 0 Å². The van der Waals surface area contributed by atoms with E-state index in [0.717, 1.165) is 0 Å². The lowest BCUT2D eigenvalue weighted by Crippen LogP contribution is -2.45. The molecule has 250 valence electrons. The molecule has 0 atom stereocenters. The Kier molecular flexibility index (Phi) is 11.9. The first-order valence-corrected chi connectivity index (χ1v) is 20.7. The molecule has 2 aliphatic heterocycles. The highest BCUT2D eigenvalue weighted by atomic mass is 35.5. The van der Waals surface area contributed by atoms with Gasteiger partial charge in [-0.25, -0.2) is 29.6 Å². The fourth-order valence-corrected chi connectivity index (χ4v) is 9.26. The number of benzene rings is 2. The average Bonchev–Trinajstić information content (AvgIpc) is 3.00. The van der Waals surface area contributed by atoms with Gasteiger partial charge in [0.05, 0.1) is 32.2 Å². The second kappa shape index (κ2) is 14.9. The van der Waals surface area contributed by atoms with Gasteiger partial charge in [-0.1, -0.05) is 23.2 Å². The van der Waals surface area contributed by atoms with Gasteiger partial charge in [-0.3, -0.25) is 9.52 Å². The molecular formula is C29H40Cl2N4O7S3. The van der Waals surface area contributed by atoms with Crippen LogP contribution in [0.5, 0.6) is 0 Å². The molecule has 16 heteroatoms. The fraction of sp³-hybridized carbons (Fsp3) is 0.552. The van der Waals surface area contributed by atoms with Crippen molar-refractivity contribution in [2.24, 2.45) is 5.92 Å². The summed E-state index contributed by atoms with van der Waals surface area (Å²) >= 11 is 12.4. The van der Waals surface area contributed by atoms with E-state index in [9.17, 15) is 30.0 Å². The molecule has 2 heterocycles. The number of hydrogen-bond donors (Lipinski definition) is 1. The third-order valence-electron chi connectivity index (χ3n) is 8.42. The Morgan fingerprint density at radius 2 is 1.51 bits per heavy atom. The van der Waals surface area contributed by atoms with Gasteiger partial charge >= 0.3 is 0 Å². The molecule has 0 radical (unpaired) electrons. The topological polar surface area (TPSA) is 141 Å². The molecule has 0 spiro atoms. The summed E-state index contributed by atoms with van der Waals surface area (Å²) in [5.74, 6) is -0.485. The predicted octanol–water partition coefficient (Wildman–Crippen LogP) is 4.09. The quantitative estimate of drug-likeness (QED) is 0.346. The monoisotopic (exact) mass is 722 g/mol. The van der Waals surface area contributed by atoms with E-state index in [1.807, 2.05) is 0 Å². The van der Waals surface area contributed by atoms with Crippen LogP contribution in [-0.4, -0.2) is 96.9 Å². The molecule has 2 fully saturated rings. The number of rotatable bonds is 12. The molecule has 4 rings (SSSR count). The number of nitrogens with zero attached hydrogens (tertiary/aromatic N) is 3. The number of anilines is 2. The second-order valence-electron chi connectivity index (χ2n) is 11.5. The molecule has 1 amide bonds. The third-order valence-corrected chi connectivity index (χ3v) is 14.0. The maximum absolute atomic E-state index is 13.7. The Morgan fingerprint density at radius 1 is 0.889 bits per heavy atom. The molecule has 2 aromatic carbocycles. The Morgan fingerprint density at radius 3 is 2.07 bits per heavy atom. The fourth-order valence-electron chi connectivity index (χ4n) is 5.73. The van der Waals surface area contributed by atoms with E-state index in [0.29, 0.717) is 92.8 Å². The summed E-state index contributed by atoms with van der Waals surface area (Å²) in [7, 11) is -10.4. The molecule has 2 saturated heterocycles. The van der Waals surface area contributed by atoms with Gasteiger partial charge in [0.15, 0.2) is 9.84 Å². The van der Waals surface area contributed by atoms with E-state index < -0.39 is 35.1 Å². The minimum Gasteiger partial charge on any atom is -0.312 e. The van der Waals surface area contributed by atoms with Crippen molar-refractivity contribution in [2.45, 2.75) is 49.2 Å². The van der Waals surface area contributed by atoms with Crippen molar-refractivity contribution in [3.05, 3.63) is 52.5 Å². The second-order valence-corrected chi connectivity index (χ2v) is 18.5. The van der Waals surface area contributed by atoms with Crippen molar-refractivity contribution >= 4 is 70.4 Å². The third kappa shape index (κ3) is 9.33. The molecule has 0 bridgehead atoms. The van der Waals surface area contributed by atoms with E-state index in [-0.39, 0.29) is 22.5 Å². The van der Waals surface area contributed by atoms with Gasteiger partial charge < -0.3 is 9.80 Å². The summed E-state index contributed by atoms with van der Waals surface area (Å²) in [5, 5.41) is 0.169. The zero-order valence-corrected chi connectivity index (χ0v) is 29.3. The number of carbonyl (C=O) groups is 1. The first-order chi connectivity index (χ1) is 21.1. The SMILES string of the molecule is CCS(=O)(=O)Nc1ccc(S(=O)(=O)C2CCN(CCCN(C(=O)C3CCN(S(C)(=O)=O)CC3)c3ccc(Cl)c(Cl)c3)CC2)cc1. The lowest BCUT2D eigenvalue weighted by molar-refractivity contribution is -0.123. The van der Waals surface area contributed by atoms with Crippen LogP contribution >= 0.6 is 23.2 Å². The number of amides is 1. The van der Waals surface area contributed by atoms with Crippen LogP contribution in [0, 0.1) is 5.92 Å². The van der Waals surface area contributed by atoms with Crippen LogP contribution in [-0.2, 0) is 34.7 Å². The summed E-state index contributed by atoms with van der Waals surface area (Å²) < 4.78 is 77.9. The molecule has 45 heavy (non-hydrogen) atoms. The van der Waals surface area contributed by atoms with Crippen LogP contribution in [0.2, 0.25) is 10.0 Å². The number of likely N-dealkylation sites (tertiary alicyclic amines) is 1. The average molecular weight is 724 g/mol. The molecule has 11 nitrogen and oxygen atoms in total. The first kappa shape index (κ1) is 35.9. The number of carbonyl (C=O) groups excluding carboxylic acids is 1. The molecule has 0 unspecified atom stereocenters. The van der Waals surface area contributed by atoms with Crippen molar-refractivity contribution in [3.8, 4) is 0 Å². The highest BCUT2D eigenvalue weighted by Gasteiger charge is 2.33. The highest BCUT2D eigenvalue weighted by molar-refractivity contribution is 7.92. The number of sulfone groups is 1. The summed E-state index contributed by atoms with van der Waals surface area (Å²) in [6, 6.07) is 10.9. The smallest absolute Gasteiger partial charge is 0.232 e. The summed E-state index contributed by atoms with van der Waals surface area (Å²) in [4.78, 5) is 17.7. The summed E-state index contributed by atoms with van der Waals surface area (Å²) in [6.45, 7) is 4.36. The zero-order valence-electron chi connectivity index (χ0n) is 25.4. The van der Waals surface area contributed by atoms with Crippen LogP contribution < -0.4 is 9.62 Å². The minimum absolute atomic E-state index is 0.0812. The van der Waals surface area contributed by atoms with Crippen molar-refractivity contribution in [1.82, 2.24) is 9.21 Å². The number of piperidine rings is 2. The van der Waals surface area contributed by atoms with Gasteiger partial charge in [0, 0.05) is 36.9 Å². The molecule has 0 saturated carbocycles. The van der Waals surface area contributed by atoms with Gasteiger partial charge in [-0.05, 0) is 101 Å². The highest BCUT2D eigenvalue weighted by Crippen LogP contribution is 2.31. The van der Waals surface area contributed by atoms with Crippen molar-refractivity contribution in [2.75, 3.05) is 60.9 Å². The van der Waals surface area contributed by atoms with Crippen LogP contribution in [0.3, 0.4) is 0 Å². The van der Waals surface area contributed by atoms with Crippen LogP contribution in [0.25, 0.3) is 0 Å². The largest absolute Gasteiger partial charge is 0.312 e. The lowest BCUT2D eigenvalue weighted by Gasteiger charge is -2.34. The van der Waals surface area contributed by atoms with Crippen LogP contribution in [0.4, 0.5) is 11.4 Å². The van der Waals surface area contributed by atoms with E-state index in [2.05, 4.69) is 9.62 Å². The molecule has 2 aliphatic rings. The van der Waals surface area contributed by atoms with Gasteiger partial charge in [-0.15, -0.1) is 0 Å². The van der Waals surface area contributed by atoms with E-state index in [1.54, 1.807) is 23.1 Å². The minimum atomic E-state index is -3.59. The van der Waals surface area contributed by atoms with Gasteiger partial charge in [0.2, 0.25) is 26.0 Å². The normalized spacial score (nSPS) is 18.1. The van der Waals surface area contributed by atoms with E-state index in [1.165, 1.54) is 41.8 Å². The van der Waals surface area contributed by atoms with Gasteiger partial charge in [-0.2, -0.15) is 0 Å². The number of hydrogen-bond acceptors (Lipinski definition) is 8. The Bertz CT molecular complexity index is 1670.